The lowest BCUT2D eigenvalue weighted by atomic mass is 9.94. The summed E-state index contributed by atoms with van der Waals surface area (Å²) in [4.78, 5) is 29.9. The van der Waals surface area contributed by atoms with Crippen molar-refractivity contribution < 1.29 is 9.53 Å². The fourth-order valence-electron chi connectivity index (χ4n) is 2.53. The number of rotatable bonds is 2. The summed E-state index contributed by atoms with van der Waals surface area (Å²) in [6.07, 6.45) is 0.692. The van der Waals surface area contributed by atoms with Crippen LogP contribution >= 0.6 is 11.3 Å². The molecule has 0 bridgehead atoms. The van der Waals surface area contributed by atoms with Crippen molar-refractivity contribution in [2.24, 2.45) is 7.05 Å². The van der Waals surface area contributed by atoms with Crippen molar-refractivity contribution in [3.05, 3.63) is 20.8 Å². The van der Waals surface area contributed by atoms with E-state index in [4.69, 9.17) is 4.74 Å². The molecule has 118 valence electrons. The van der Waals surface area contributed by atoms with E-state index in [0.717, 1.165) is 10.4 Å². The summed E-state index contributed by atoms with van der Waals surface area (Å²) in [6.45, 7) is 5.92. The smallest absolute Gasteiger partial charge is 0.263 e. The fourth-order valence-corrected chi connectivity index (χ4v) is 3.62. The first-order chi connectivity index (χ1) is 10.3. The monoisotopic (exact) mass is 322 g/mol. The van der Waals surface area contributed by atoms with Crippen LogP contribution in [0.25, 0.3) is 10.2 Å². The number of nitrogens with one attached hydrogen (secondary N) is 2. The lowest BCUT2D eigenvalue weighted by Gasteiger charge is -2.29. The Morgan fingerprint density at radius 2 is 2.18 bits per heavy atom. The Morgan fingerprint density at radius 3 is 2.86 bits per heavy atom. The van der Waals surface area contributed by atoms with Gasteiger partial charge in [-0.3, -0.25) is 25.0 Å². The molecule has 0 saturated carbocycles. The first kappa shape index (κ1) is 15.0. The van der Waals surface area contributed by atoms with Gasteiger partial charge in [0.15, 0.2) is 0 Å². The molecule has 0 aliphatic carbocycles. The van der Waals surface area contributed by atoms with Crippen molar-refractivity contribution in [2.75, 3.05) is 5.43 Å². The Morgan fingerprint density at radius 1 is 1.45 bits per heavy atom. The van der Waals surface area contributed by atoms with Crippen LogP contribution in [0, 0.1) is 0 Å². The zero-order valence-corrected chi connectivity index (χ0v) is 13.8. The van der Waals surface area contributed by atoms with Gasteiger partial charge < -0.3 is 4.74 Å². The largest absolute Gasteiger partial charge is 0.370 e. The van der Waals surface area contributed by atoms with Gasteiger partial charge in [-0.1, -0.05) is 0 Å². The second-order valence-corrected chi connectivity index (χ2v) is 7.10. The number of amides is 1. The minimum absolute atomic E-state index is 0.118. The maximum absolute atomic E-state index is 12.7. The molecule has 1 aliphatic rings. The Hall–Kier alpha value is -1.93. The summed E-state index contributed by atoms with van der Waals surface area (Å²) >= 11 is 1.47. The molecule has 1 aliphatic heterocycles. The van der Waals surface area contributed by atoms with E-state index in [1.165, 1.54) is 22.8 Å². The van der Waals surface area contributed by atoms with Crippen LogP contribution in [-0.2, 0) is 29.6 Å². The van der Waals surface area contributed by atoms with E-state index < -0.39 is 0 Å². The van der Waals surface area contributed by atoms with Gasteiger partial charge in [-0.2, -0.15) is 0 Å². The Kier molecular flexibility index (Phi) is 3.45. The molecule has 8 heteroatoms. The third kappa shape index (κ3) is 2.48. The number of fused-ring (bicyclic) bond motifs is 3. The van der Waals surface area contributed by atoms with Gasteiger partial charge in [-0.15, -0.1) is 11.3 Å². The van der Waals surface area contributed by atoms with Gasteiger partial charge >= 0.3 is 0 Å². The summed E-state index contributed by atoms with van der Waals surface area (Å²) in [6, 6.07) is 0. The molecule has 0 unspecified atom stereocenters. The molecule has 0 radical (unpaired) electrons. The number of anilines is 1. The van der Waals surface area contributed by atoms with E-state index in [-0.39, 0.29) is 17.1 Å². The molecule has 2 aromatic rings. The van der Waals surface area contributed by atoms with Gasteiger partial charge in [-0.25, -0.2) is 4.98 Å². The molecular weight excluding hydrogens is 304 g/mol. The van der Waals surface area contributed by atoms with Crippen LogP contribution in [0.3, 0.4) is 0 Å². The fraction of sp³-hybridized carbons (Fsp3) is 0.500. The van der Waals surface area contributed by atoms with E-state index in [1.807, 2.05) is 13.8 Å². The zero-order chi connectivity index (χ0) is 16.1. The Bertz CT molecular complexity index is 822. The minimum Gasteiger partial charge on any atom is -0.370 e. The number of hydrogen-bond acceptors (Lipinski definition) is 6. The van der Waals surface area contributed by atoms with Crippen LogP contribution in [0.1, 0.15) is 31.2 Å². The van der Waals surface area contributed by atoms with Crippen molar-refractivity contribution in [2.45, 2.75) is 39.4 Å². The van der Waals surface area contributed by atoms with E-state index in [1.54, 1.807) is 7.05 Å². The third-order valence-electron chi connectivity index (χ3n) is 3.66. The Labute approximate surface area is 131 Å². The highest BCUT2D eigenvalue weighted by Crippen LogP contribution is 2.37. The molecule has 0 fully saturated rings. The lowest BCUT2D eigenvalue weighted by Crippen LogP contribution is -2.33. The SMILES string of the molecule is CC(=O)NNc1nc2sc3c(c2c(=O)n1C)CC(C)(C)OC3. The molecule has 3 heterocycles. The van der Waals surface area contributed by atoms with Gasteiger partial charge in [-0.05, 0) is 19.4 Å². The standard InChI is InChI=1S/C14H18N4O3S/c1-7(19)16-17-13-15-11-10(12(20)18(13)4)8-5-14(2,3)21-6-9(8)22-11/h5-6H2,1-4H3,(H,15,17)(H,16,19). The Balaban J connectivity index is 2.14. The topological polar surface area (TPSA) is 85.3 Å². The summed E-state index contributed by atoms with van der Waals surface area (Å²) in [5.74, 6) is 0.0569. The quantitative estimate of drug-likeness (QED) is 0.814. The molecule has 0 aromatic carbocycles. The number of nitrogens with zero attached hydrogens (tertiary/aromatic N) is 2. The molecular formula is C14H18N4O3S. The zero-order valence-electron chi connectivity index (χ0n) is 12.9. The van der Waals surface area contributed by atoms with Gasteiger partial charge in [0, 0.05) is 25.3 Å². The molecule has 2 aromatic heterocycles. The van der Waals surface area contributed by atoms with Crippen LogP contribution in [0.2, 0.25) is 0 Å². The normalized spacial score (nSPS) is 16.4. The summed E-state index contributed by atoms with van der Waals surface area (Å²) in [5, 5.41) is 0.659. The average molecular weight is 322 g/mol. The maximum atomic E-state index is 12.7. The number of ether oxygens (including phenoxy) is 1. The highest BCUT2D eigenvalue weighted by Gasteiger charge is 2.31. The number of aromatic nitrogens is 2. The second kappa shape index (κ2) is 5.06. The molecule has 3 rings (SSSR count). The van der Waals surface area contributed by atoms with E-state index in [2.05, 4.69) is 15.8 Å². The predicted molar refractivity (Wildman–Crippen MR) is 84.9 cm³/mol. The van der Waals surface area contributed by atoms with Crippen molar-refractivity contribution in [1.29, 1.82) is 0 Å². The molecule has 0 spiro atoms. The summed E-state index contributed by atoms with van der Waals surface area (Å²) in [5.41, 5.74) is 5.75. The van der Waals surface area contributed by atoms with Crippen molar-refractivity contribution in [3.8, 4) is 0 Å². The number of hydrazine groups is 1. The van der Waals surface area contributed by atoms with Gasteiger partial charge in [0.2, 0.25) is 11.9 Å². The first-order valence-electron chi connectivity index (χ1n) is 6.96. The third-order valence-corrected chi connectivity index (χ3v) is 4.76. The van der Waals surface area contributed by atoms with Gasteiger partial charge in [0.05, 0.1) is 17.6 Å². The van der Waals surface area contributed by atoms with Crippen LogP contribution in [-0.4, -0.2) is 21.1 Å². The van der Waals surface area contributed by atoms with E-state index >= 15 is 0 Å². The van der Waals surface area contributed by atoms with Gasteiger partial charge in [0.25, 0.3) is 5.56 Å². The molecule has 1 amide bonds. The number of carbonyl (C=O) groups excluding carboxylic acids is 1. The van der Waals surface area contributed by atoms with Crippen molar-refractivity contribution in [1.82, 2.24) is 15.0 Å². The van der Waals surface area contributed by atoms with E-state index in [9.17, 15) is 9.59 Å². The van der Waals surface area contributed by atoms with Gasteiger partial charge in [0.1, 0.15) is 4.83 Å². The first-order valence-corrected chi connectivity index (χ1v) is 7.78. The molecule has 7 nitrogen and oxygen atoms in total. The number of thiophene rings is 1. The highest BCUT2D eigenvalue weighted by molar-refractivity contribution is 7.18. The van der Waals surface area contributed by atoms with Crippen LogP contribution in [0.15, 0.2) is 4.79 Å². The molecule has 2 N–H and O–H groups in total. The highest BCUT2D eigenvalue weighted by atomic mass is 32.1. The minimum atomic E-state index is -0.279. The van der Waals surface area contributed by atoms with Crippen molar-refractivity contribution in [3.63, 3.8) is 0 Å². The van der Waals surface area contributed by atoms with Crippen LogP contribution in [0.4, 0.5) is 5.95 Å². The van der Waals surface area contributed by atoms with E-state index in [0.29, 0.717) is 29.2 Å². The molecule has 0 atom stereocenters. The van der Waals surface area contributed by atoms with Crippen LogP contribution in [0.5, 0.6) is 0 Å². The maximum Gasteiger partial charge on any atom is 0.263 e. The van der Waals surface area contributed by atoms with Crippen molar-refractivity contribution >= 4 is 33.4 Å². The lowest BCUT2D eigenvalue weighted by molar-refractivity contribution is -0.118. The average Bonchev–Trinajstić information content (AvgIpc) is 2.77. The predicted octanol–water partition coefficient (Wildman–Crippen LogP) is 1.31. The molecule has 22 heavy (non-hydrogen) atoms. The molecule has 0 saturated heterocycles. The summed E-state index contributed by atoms with van der Waals surface area (Å²) in [7, 11) is 1.63. The summed E-state index contributed by atoms with van der Waals surface area (Å²) < 4.78 is 7.21. The number of carbonyl (C=O) groups is 1. The van der Waals surface area contributed by atoms with Crippen LogP contribution < -0.4 is 16.4 Å². The number of hydrogen-bond donors (Lipinski definition) is 2. The second-order valence-electron chi connectivity index (χ2n) is 6.01.